The van der Waals surface area contributed by atoms with Crippen molar-refractivity contribution >= 4 is 50.2 Å². The minimum atomic E-state index is -1.09. The van der Waals surface area contributed by atoms with Gasteiger partial charge in [-0.05, 0) is 62.2 Å². The highest BCUT2D eigenvalue weighted by atomic mass is 32.1. The number of carboxylic acid groups (broad SMARTS) is 1. The van der Waals surface area contributed by atoms with Crippen LogP contribution in [-0.4, -0.2) is 64.5 Å². The summed E-state index contributed by atoms with van der Waals surface area (Å²) in [7, 11) is 3.76. The van der Waals surface area contributed by atoms with Gasteiger partial charge in [-0.25, -0.2) is 19.7 Å². The van der Waals surface area contributed by atoms with E-state index >= 15 is 0 Å². The van der Waals surface area contributed by atoms with E-state index in [0.29, 0.717) is 17.2 Å². The Balaban J connectivity index is 1.32. The first kappa shape index (κ1) is 25.8. The fourth-order valence-electron chi connectivity index (χ4n) is 4.82. The number of aryl methyl sites for hydroxylation is 3. The van der Waals surface area contributed by atoms with Gasteiger partial charge in [0.25, 0.3) is 0 Å². The maximum atomic E-state index is 12.1. The van der Waals surface area contributed by atoms with Crippen molar-refractivity contribution in [2.75, 3.05) is 37.0 Å². The molecule has 1 aliphatic heterocycles. The van der Waals surface area contributed by atoms with Gasteiger partial charge in [0.2, 0.25) is 0 Å². The number of hydrogen-bond acceptors (Lipinski definition) is 9. The van der Waals surface area contributed by atoms with E-state index in [1.807, 2.05) is 51.9 Å². The predicted molar refractivity (Wildman–Crippen MR) is 156 cm³/mol. The van der Waals surface area contributed by atoms with E-state index in [1.165, 1.54) is 16.2 Å². The number of fused-ring (bicyclic) bond motifs is 4. The number of aromatic nitrogens is 4. The van der Waals surface area contributed by atoms with Gasteiger partial charge in [-0.2, -0.15) is 0 Å². The average molecular weight is 557 g/mol. The number of carbonyl (C=O) groups is 1. The number of benzene rings is 2. The number of anilines is 2. The Hall–Kier alpha value is -4.51. The molecule has 5 aromatic rings. The summed E-state index contributed by atoms with van der Waals surface area (Å²) in [5, 5.41) is 10.7. The molecule has 0 saturated carbocycles. The quantitative estimate of drug-likeness (QED) is 0.295. The number of amides is 1. The van der Waals surface area contributed by atoms with E-state index < -0.39 is 12.2 Å². The van der Waals surface area contributed by atoms with Crippen LogP contribution in [0.2, 0.25) is 0 Å². The topological polar surface area (TPSA) is 114 Å². The van der Waals surface area contributed by atoms with Gasteiger partial charge in [-0.1, -0.05) is 0 Å². The third-order valence-corrected chi connectivity index (χ3v) is 7.83. The zero-order chi connectivity index (χ0) is 28.1. The Kier molecular flexibility index (Phi) is 6.38. The van der Waals surface area contributed by atoms with Crippen molar-refractivity contribution in [3.63, 3.8) is 0 Å². The van der Waals surface area contributed by atoms with Crippen LogP contribution in [0.4, 0.5) is 16.3 Å². The van der Waals surface area contributed by atoms with Crippen molar-refractivity contribution in [1.29, 1.82) is 0 Å². The fourth-order valence-corrected chi connectivity index (χ4v) is 5.97. The third-order valence-electron chi connectivity index (χ3n) is 6.75. The molecule has 1 N–H and O–H groups in total. The van der Waals surface area contributed by atoms with E-state index in [2.05, 4.69) is 21.0 Å². The minimum Gasteiger partial charge on any atom is -0.484 e. The Morgan fingerprint density at radius 3 is 2.62 bits per heavy atom. The minimum absolute atomic E-state index is 0.0934. The van der Waals surface area contributed by atoms with E-state index in [0.717, 1.165) is 54.5 Å². The molecule has 3 aromatic heterocycles. The molecule has 40 heavy (non-hydrogen) atoms. The molecule has 0 radical (unpaired) electrons. The fraction of sp³-hybridized carbons (Fsp3) is 0.276. The first-order valence-electron chi connectivity index (χ1n) is 12.8. The molecule has 0 bridgehead atoms. The van der Waals surface area contributed by atoms with E-state index in [-0.39, 0.29) is 13.2 Å². The summed E-state index contributed by atoms with van der Waals surface area (Å²) >= 11 is 1.53. The Morgan fingerprint density at radius 1 is 1.07 bits per heavy atom. The number of hydrogen-bond donors (Lipinski definition) is 1. The molecule has 6 rings (SSSR count). The highest BCUT2D eigenvalue weighted by Crippen LogP contribution is 2.46. The van der Waals surface area contributed by atoms with Gasteiger partial charge in [-0.15, -0.1) is 11.3 Å². The van der Waals surface area contributed by atoms with Gasteiger partial charge in [0.15, 0.2) is 17.6 Å². The molecular formula is C29H28N6O4S. The number of nitrogens with zero attached hydrogens (tertiary/aromatic N) is 6. The molecule has 204 valence electrons. The highest BCUT2D eigenvalue weighted by Gasteiger charge is 2.30. The van der Waals surface area contributed by atoms with E-state index in [9.17, 15) is 9.90 Å². The second-order valence-corrected chi connectivity index (χ2v) is 11.1. The van der Waals surface area contributed by atoms with Crippen LogP contribution < -0.4 is 19.3 Å². The molecule has 0 aliphatic carbocycles. The smallest absolute Gasteiger partial charge is 0.411 e. The molecule has 2 aromatic carbocycles. The molecule has 1 aliphatic rings. The molecule has 4 heterocycles. The van der Waals surface area contributed by atoms with Crippen molar-refractivity contribution in [1.82, 2.24) is 19.9 Å². The molecule has 0 unspecified atom stereocenters. The summed E-state index contributed by atoms with van der Waals surface area (Å²) in [6.45, 7) is 6.25. The molecule has 1 amide bonds. The monoisotopic (exact) mass is 556 g/mol. The summed E-state index contributed by atoms with van der Waals surface area (Å²) in [4.78, 5) is 33.8. The standard InChI is InChI=1S/C29H28N6O4S/c1-15-8-20(25-21(9-15)32-17(3)11-31-25)28-33-24-16(2)10-22-26(27(24)40-28)38-14-19(39-22)13-35(29(36)37)18-6-7-23(30-12-18)34(4)5/h6-12,19H,13-14H2,1-5H3,(H,36,37)/t19-/m1/s1. The van der Waals surface area contributed by atoms with Crippen LogP contribution in [0.15, 0.2) is 42.7 Å². The lowest BCUT2D eigenvalue weighted by atomic mass is 10.1. The van der Waals surface area contributed by atoms with Crippen LogP contribution in [0.25, 0.3) is 31.8 Å². The van der Waals surface area contributed by atoms with Crippen molar-refractivity contribution in [3.05, 3.63) is 59.5 Å². The molecular weight excluding hydrogens is 528 g/mol. The van der Waals surface area contributed by atoms with Crippen molar-refractivity contribution < 1.29 is 19.4 Å². The normalized spacial score (nSPS) is 14.5. The number of pyridine rings is 1. The zero-order valence-electron chi connectivity index (χ0n) is 22.8. The van der Waals surface area contributed by atoms with E-state index in [4.69, 9.17) is 14.5 Å². The van der Waals surface area contributed by atoms with Crippen LogP contribution in [0.3, 0.4) is 0 Å². The Morgan fingerprint density at radius 2 is 1.90 bits per heavy atom. The average Bonchev–Trinajstić information content (AvgIpc) is 3.37. The van der Waals surface area contributed by atoms with Gasteiger partial charge in [0, 0.05) is 25.9 Å². The van der Waals surface area contributed by atoms with Gasteiger partial charge < -0.3 is 19.5 Å². The third kappa shape index (κ3) is 4.62. The lowest BCUT2D eigenvalue weighted by molar-refractivity contribution is 0.0961. The summed E-state index contributed by atoms with van der Waals surface area (Å²) in [5.74, 6) is 1.94. The molecule has 10 nitrogen and oxygen atoms in total. The van der Waals surface area contributed by atoms with Crippen LogP contribution >= 0.6 is 11.3 Å². The molecule has 0 spiro atoms. The van der Waals surface area contributed by atoms with Crippen LogP contribution in [0.5, 0.6) is 11.5 Å². The van der Waals surface area contributed by atoms with Gasteiger partial charge in [-0.3, -0.25) is 9.88 Å². The molecule has 1 atom stereocenters. The highest BCUT2D eigenvalue weighted by molar-refractivity contribution is 7.22. The zero-order valence-corrected chi connectivity index (χ0v) is 23.6. The van der Waals surface area contributed by atoms with Crippen LogP contribution in [-0.2, 0) is 0 Å². The number of ether oxygens (including phenoxy) is 2. The van der Waals surface area contributed by atoms with Crippen molar-refractivity contribution in [2.45, 2.75) is 26.9 Å². The summed E-state index contributed by atoms with van der Waals surface area (Å²) in [6, 6.07) is 9.54. The second-order valence-electron chi connectivity index (χ2n) is 10.1. The SMILES string of the molecule is Cc1cc(-c2nc3c(C)cc4c(c3s2)OC[C@@H](CN(C(=O)O)c2ccc(N(C)C)nc2)O4)c2ncc(C)nc2c1. The lowest BCUT2D eigenvalue weighted by Gasteiger charge is -2.30. The van der Waals surface area contributed by atoms with Gasteiger partial charge >= 0.3 is 6.09 Å². The maximum Gasteiger partial charge on any atom is 0.411 e. The Labute approximate surface area is 234 Å². The predicted octanol–water partition coefficient (Wildman–Crippen LogP) is 5.62. The summed E-state index contributed by atoms with van der Waals surface area (Å²) < 4.78 is 13.4. The first-order chi connectivity index (χ1) is 19.2. The maximum absolute atomic E-state index is 12.1. The second kappa shape index (κ2) is 9.91. The molecule has 11 heteroatoms. The van der Waals surface area contributed by atoms with Crippen molar-refractivity contribution in [2.24, 2.45) is 0 Å². The summed E-state index contributed by atoms with van der Waals surface area (Å²) in [6.07, 6.45) is 1.73. The lowest BCUT2D eigenvalue weighted by Crippen LogP contribution is -2.43. The van der Waals surface area contributed by atoms with Gasteiger partial charge in [0.05, 0.1) is 40.7 Å². The molecule has 0 fully saturated rings. The molecule has 0 saturated heterocycles. The largest absolute Gasteiger partial charge is 0.484 e. The van der Waals surface area contributed by atoms with Crippen LogP contribution in [0, 0.1) is 20.8 Å². The number of thiazole rings is 1. The van der Waals surface area contributed by atoms with Gasteiger partial charge in [0.1, 0.15) is 22.1 Å². The Bertz CT molecular complexity index is 1760. The summed E-state index contributed by atoms with van der Waals surface area (Å²) in [5.41, 5.74) is 6.77. The van der Waals surface area contributed by atoms with E-state index in [1.54, 1.807) is 24.5 Å². The van der Waals surface area contributed by atoms with Crippen molar-refractivity contribution in [3.8, 4) is 22.1 Å². The van der Waals surface area contributed by atoms with Crippen LogP contribution in [0.1, 0.15) is 16.8 Å². The number of rotatable bonds is 5. The first-order valence-corrected chi connectivity index (χ1v) is 13.6.